The molecule has 0 fully saturated rings. The summed E-state index contributed by atoms with van der Waals surface area (Å²) in [6, 6.07) is 8.10. The molecule has 1 aliphatic heterocycles. The van der Waals surface area contributed by atoms with Gasteiger partial charge in [-0.2, -0.15) is 0 Å². The third kappa shape index (κ3) is 3.45. The Morgan fingerprint density at radius 3 is 2.71 bits per heavy atom. The summed E-state index contributed by atoms with van der Waals surface area (Å²) >= 11 is 0. The molecule has 0 aliphatic carbocycles. The van der Waals surface area contributed by atoms with E-state index in [0.29, 0.717) is 25.6 Å². The topological polar surface area (TPSA) is 88.1 Å². The first-order valence-electron chi connectivity index (χ1n) is 9.62. The zero-order valence-corrected chi connectivity index (χ0v) is 16.3. The van der Waals surface area contributed by atoms with Gasteiger partial charge in [0.2, 0.25) is 0 Å². The molecule has 0 amide bonds. The maximum absolute atomic E-state index is 6.15. The van der Waals surface area contributed by atoms with Gasteiger partial charge in [-0.3, -0.25) is 0 Å². The Labute approximate surface area is 164 Å². The summed E-state index contributed by atoms with van der Waals surface area (Å²) in [7, 11) is 1.67. The van der Waals surface area contributed by atoms with E-state index in [1.54, 1.807) is 7.11 Å². The number of aryl methyl sites for hydroxylation is 1. The molecule has 3 aromatic rings. The van der Waals surface area contributed by atoms with Crippen molar-refractivity contribution < 1.29 is 9.47 Å². The molecule has 3 heterocycles. The summed E-state index contributed by atoms with van der Waals surface area (Å²) in [5, 5.41) is 8.56. The largest absolute Gasteiger partial charge is 0.497 e. The Bertz CT molecular complexity index is 1010. The number of rotatable bonds is 7. The van der Waals surface area contributed by atoms with Crippen LogP contribution in [0.5, 0.6) is 5.75 Å². The van der Waals surface area contributed by atoms with Crippen LogP contribution in [0.3, 0.4) is 0 Å². The fourth-order valence-corrected chi connectivity index (χ4v) is 3.49. The fourth-order valence-electron chi connectivity index (χ4n) is 3.49. The Morgan fingerprint density at radius 2 is 2.04 bits per heavy atom. The molecule has 28 heavy (non-hydrogen) atoms. The summed E-state index contributed by atoms with van der Waals surface area (Å²) < 4.78 is 13.0. The van der Waals surface area contributed by atoms with Gasteiger partial charge in [-0.15, -0.1) is 10.2 Å². The van der Waals surface area contributed by atoms with E-state index in [2.05, 4.69) is 39.9 Å². The van der Waals surface area contributed by atoms with Crippen LogP contribution in [0.4, 0.5) is 5.82 Å². The van der Waals surface area contributed by atoms with E-state index in [1.807, 2.05) is 12.1 Å². The number of methoxy groups -OCH3 is 1. The van der Waals surface area contributed by atoms with Crippen molar-refractivity contribution in [1.82, 2.24) is 19.7 Å². The summed E-state index contributed by atoms with van der Waals surface area (Å²) in [5.41, 5.74) is 10.8. The molecule has 146 valence electrons. The fraction of sp³-hybridized carbons (Fsp3) is 0.381. The van der Waals surface area contributed by atoms with E-state index in [4.69, 9.17) is 20.2 Å². The van der Waals surface area contributed by atoms with E-state index in [-0.39, 0.29) is 0 Å². The van der Waals surface area contributed by atoms with E-state index in [1.165, 1.54) is 0 Å². The number of imidazole rings is 1. The van der Waals surface area contributed by atoms with Crippen molar-refractivity contribution in [3.05, 3.63) is 47.4 Å². The molecule has 0 saturated carbocycles. The lowest BCUT2D eigenvalue weighted by Gasteiger charge is -2.12. The number of hydrogen-bond donors (Lipinski definition) is 1. The van der Waals surface area contributed by atoms with Gasteiger partial charge >= 0.3 is 0 Å². The van der Waals surface area contributed by atoms with Crippen molar-refractivity contribution in [3.63, 3.8) is 0 Å². The minimum Gasteiger partial charge on any atom is -0.497 e. The van der Waals surface area contributed by atoms with Crippen LogP contribution >= 0.6 is 0 Å². The Morgan fingerprint density at radius 1 is 1.21 bits per heavy atom. The SMILES string of the molecule is CCCCc1nc2c(N)nnc(C3=CCOC3)c2n1Cc1ccc(OC)cc1. The van der Waals surface area contributed by atoms with E-state index in [9.17, 15) is 0 Å². The average Bonchev–Trinajstić information content (AvgIpc) is 3.37. The molecule has 1 aliphatic rings. The molecular weight excluding hydrogens is 354 g/mol. The van der Waals surface area contributed by atoms with Gasteiger partial charge in [-0.25, -0.2) is 4.98 Å². The highest BCUT2D eigenvalue weighted by Gasteiger charge is 2.22. The molecule has 0 saturated heterocycles. The third-order valence-electron chi connectivity index (χ3n) is 5.03. The number of fused-ring (bicyclic) bond motifs is 1. The molecule has 1 aromatic carbocycles. The monoisotopic (exact) mass is 379 g/mol. The number of hydrogen-bond acceptors (Lipinski definition) is 6. The molecule has 2 aromatic heterocycles. The number of benzene rings is 1. The van der Waals surface area contributed by atoms with Gasteiger partial charge in [-0.05, 0) is 24.1 Å². The third-order valence-corrected chi connectivity index (χ3v) is 5.03. The second-order valence-corrected chi connectivity index (χ2v) is 6.94. The van der Waals surface area contributed by atoms with Crippen LogP contribution in [-0.2, 0) is 17.7 Å². The molecule has 7 nitrogen and oxygen atoms in total. The van der Waals surface area contributed by atoms with Crippen molar-refractivity contribution in [2.75, 3.05) is 26.1 Å². The molecule has 0 bridgehead atoms. The van der Waals surface area contributed by atoms with Gasteiger partial charge in [-0.1, -0.05) is 31.6 Å². The highest BCUT2D eigenvalue weighted by atomic mass is 16.5. The molecule has 0 atom stereocenters. The van der Waals surface area contributed by atoms with Crippen LogP contribution in [0.1, 0.15) is 36.8 Å². The van der Waals surface area contributed by atoms with E-state index < -0.39 is 0 Å². The first kappa shape index (κ1) is 18.4. The smallest absolute Gasteiger partial charge is 0.174 e. The normalized spacial score (nSPS) is 13.9. The quantitative estimate of drug-likeness (QED) is 0.678. The highest BCUT2D eigenvalue weighted by Crippen LogP contribution is 2.30. The second-order valence-electron chi connectivity index (χ2n) is 6.94. The van der Waals surface area contributed by atoms with Crippen LogP contribution in [0, 0.1) is 0 Å². The number of anilines is 1. The van der Waals surface area contributed by atoms with Crippen LogP contribution in [0.25, 0.3) is 16.6 Å². The molecule has 7 heteroatoms. The summed E-state index contributed by atoms with van der Waals surface area (Å²) in [5.74, 6) is 2.22. The first-order chi connectivity index (χ1) is 13.7. The van der Waals surface area contributed by atoms with Crippen LogP contribution in [0.15, 0.2) is 30.3 Å². The van der Waals surface area contributed by atoms with Gasteiger partial charge < -0.3 is 19.8 Å². The molecule has 0 spiro atoms. The summed E-state index contributed by atoms with van der Waals surface area (Å²) in [6.45, 7) is 4.00. The van der Waals surface area contributed by atoms with Gasteiger partial charge in [0.05, 0.1) is 20.3 Å². The minimum absolute atomic E-state index is 0.365. The van der Waals surface area contributed by atoms with Crippen LogP contribution < -0.4 is 10.5 Å². The van der Waals surface area contributed by atoms with Crippen molar-refractivity contribution in [1.29, 1.82) is 0 Å². The van der Waals surface area contributed by atoms with E-state index >= 15 is 0 Å². The predicted molar refractivity (Wildman–Crippen MR) is 109 cm³/mol. The summed E-state index contributed by atoms with van der Waals surface area (Å²) in [6.07, 6.45) is 5.10. The summed E-state index contributed by atoms with van der Waals surface area (Å²) in [4.78, 5) is 4.85. The lowest BCUT2D eigenvalue weighted by Crippen LogP contribution is -2.08. The van der Waals surface area contributed by atoms with Gasteiger partial charge in [0.15, 0.2) is 5.82 Å². The zero-order chi connectivity index (χ0) is 19.5. The molecular formula is C21H25N5O2. The van der Waals surface area contributed by atoms with Crippen molar-refractivity contribution in [3.8, 4) is 5.75 Å². The van der Waals surface area contributed by atoms with Crippen LogP contribution in [-0.4, -0.2) is 40.1 Å². The maximum atomic E-state index is 6.15. The van der Waals surface area contributed by atoms with Crippen molar-refractivity contribution >= 4 is 22.4 Å². The predicted octanol–water partition coefficient (Wildman–Crippen LogP) is 3.22. The Hall–Kier alpha value is -2.93. The number of aromatic nitrogens is 4. The Kier molecular flexibility index (Phi) is 5.25. The lowest BCUT2D eigenvalue weighted by atomic mass is 10.1. The van der Waals surface area contributed by atoms with Gasteiger partial charge in [0.1, 0.15) is 28.3 Å². The number of nitrogen functional groups attached to an aromatic ring is 1. The standard InChI is InChI=1S/C21H25N5O2/c1-3-4-5-17-23-19-20(18(24-25-21(19)22)15-10-11-28-13-15)26(17)12-14-6-8-16(27-2)9-7-14/h6-10H,3-5,11-13H2,1-2H3,(H2,22,25). The lowest BCUT2D eigenvalue weighted by molar-refractivity contribution is 0.216. The number of unbranched alkanes of at least 4 members (excludes halogenated alkanes) is 1. The first-order valence-corrected chi connectivity index (χ1v) is 9.62. The molecule has 4 rings (SSSR count). The average molecular weight is 379 g/mol. The number of nitrogens with two attached hydrogens (primary N) is 1. The molecule has 0 unspecified atom stereocenters. The molecule has 2 N–H and O–H groups in total. The van der Waals surface area contributed by atoms with E-state index in [0.717, 1.165) is 58.7 Å². The van der Waals surface area contributed by atoms with Crippen LogP contribution in [0.2, 0.25) is 0 Å². The second kappa shape index (κ2) is 7.98. The van der Waals surface area contributed by atoms with Crippen molar-refractivity contribution in [2.45, 2.75) is 32.7 Å². The minimum atomic E-state index is 0.365. The van der Waals surface area contributed by atoms with Gasteiger partial charge in [0.25, 0.3) is 0 Å². The zero-order valence-electron chi connectivity index (χ0n) is 16.3. The van der Waals surface area contributed by atoms with Crippen molar-refractivity contribution in [2.24, 2.45) is 0 Å². The highest BCUT2D eigenvalue weighted by molar-refractivity contribution is 5.93. The number of ether oxygens (including phenoxy) is 2. The van der Waals surface area contributed by atoms with Gasteiger partial charge in [0, 0.05) is 18.5 Å². The maximum Gasteiger partial charge on any atom is 0.174 e. The Balaban J connectivity index is 1.85. The number of nitrogens with zero attached hydrogens (tertiary/aromatic N) is 4. The molecule has 0 radical (unpaired) electrons.